The number of anilines is 1. The molecule has 0 aliphatic rings. The van der Waals surface area contributed by atoms with Gasteiger partial charge in [-0.05, 0) is 36.8 Å². The van der Waals surface area contributed by atoms with Crippen LogP contribution in [0.5, 0.6) is 0 Å². The standard InChI is InChI=1S/C21H18N4O2S2/c1-14-22-18(13-28-14)11-19-24-25-21(27-19)29-12-15-7-9-16(10-8-15)20(26)23-17-5-3-2-4-6-17/h2-10,13H,11-12H2,1H3,(H,23,26). The molecular formula is C21H18N4O2S2. The van der Waals surface area contributed by atoms with E-state index in [4.69, 9.17) is 4.42 Å². The van der Waals surface area contributed by atoms with E-state index in [-0.39, 0.29) is 5.91 Å². The molecule has 0 radical (unpaired) electrons. The van der Waals surface area contributed by atoms with E-state index < -0.39 is 0 Å². The van der Waals surface area contributed by atoms with Crippen molar-refractivity contribution in [1.29, 1.82) is 0 Å². The Balaban J connectivity index is 1.30. The third-order valence-electron chi connectivity index (χ3n) is 4.06. The molecule has 0 unspecified atom stereocenters. The maximum atomic E-state index is 12.3. The predicted molar refractivity (Wildman–Crippen MR) is 114 cm³/mol. The number of hydrogen-bond donors (Lipinski definition) is 1. The van der Waals surface area contributed by atoms with E-state index in [1.54, 1.807) is 11.3 Å². The topological polar surface area (TPSA) is 80.9 Å². The lowest BCUT2D eigenvalue weighted by Crippen LogP contribution is -2.11. The molecule has 1 amide bonds. The molecule has 2 aromatic heterocycles. The van der Waals surface area contributed by atoms with Gasteiger partial charge in [0.15, 0.2) is 0 Å². The molecule has 2 heterocycles. The second-order valence-corrected chi connectivity index (χ2v) is 8.29. The number of thiazole rings is 1. The first kappa shape index (κ1) is 19.4. The van der Waals surface area contributed by atoms with Crippen molar-refractivity contribution in [2.24, 2.45) is 0 Å². The molecule has 4 rings (SSSR count). The highest BCUT2D eigenvalue weighted by atomic mass is 32.2. The quantitative estimate of drug-likeness (QED) is 0.424. The van der Waals surface area contributed by atoms with Crippen LogP contribution in [0.25, 0.3) is 0 Å². The van der Waals surface area contributed by atoms with Gasteiger partial charge in [-0.2, -0.15) is 0 Å². The van der Waals surface area contributed by atoms with Crippen LogP contribution in [0.1, 0.15) is 32.5 Å². The van der Waals surface area contributed by atoms with Crippen LogP contribution in [0.15, 0.2) is 69.6 Å². The van der Waals surface area contributed by atoms with Crippen LogP contribution < -0.4 is 5.32 Å². The summed E-state index contributed by atoms with van der Waals surface area (Å²) in [6.45, 7) is 1.97. The monoisotopic (exact) mass is 422 g/mol. The van der Waals surface area contributed by atoms with Gasteiger partial charge < -0.3 is 9.73 Å². The lowest BCUT2D eigenvalue weighted by molar-refractivity contribution is 0.102. The van der Waals surface area contributed by atoms with Crippen molar-refractivity contribution in [2.75, 3.05) is 5.32 Å². The molecule has 2 aromatic carbocycles. The SMILES string of the molecule is Cc1nc(Cc2nnc(SCc3ccc(C(=O)Nc4ccccc4)cc3)o2)cs1. The summed E-state index contributed by atoms with van der Waals surface area (Å²) >= 11 is 3.08. The van der Waals surface area contributed by atoms with Crippen molar-refractivity contribution in [2.45, 2.75) is 24.3 Å². The summed E-state index contributed by atoms with van der Waals surface area (Å²) in [5.41, 5.74) is 3.40. The van der Waals surface area contributed by atoms with Gasteiger partial charge in [-0.15, -0.1) is 21.5 Å². The third kappa shape index (κ3) is 5.30. The Morgan fingerprint density at radius 3 is 2.62 bits per heavy atom. The van der Waals surface area contributed by atoms with Gasteiger partial charge in [-0.25, -0.2) is 4.98 Å². The summed E-state index contributed by atoms with van der Waals surface area (Å²) in [6.07, 6.45) is 0.545. The Bertz CT molecular complexity index is 1090. The minimum atomic E-state index is -0.130. The summed E-state index contributed by atoms with van der Waals surface area (Å²) < 4.78 is 5.69. The van der Waals surface area contributed by atoms with Crippen molar-refractivity contribution < 1.29 is 9.21 Å². The number of aryl methyl sites for hydroxylation is 1. The molecule has 0 saturated carbocycles. The number of amides is 1. The van der Waals surface area contributed by atoms with Crippen molar-refractivity contribution in [3.63, 3.8) is 0 Å². The molecule has 0 spiro atoms. The summed E-state index contributed by atoms with van der Waals surface area (Å²) in [5.74, 6) is 1.11. The van der Waals surface area contributed by atoms with E-state index >= 15 is 0 Å². The zero-order chi connectivity index (χ0) is 20.1. The Kier molecular flexibility index (Phi) is 6.02. The number of carbonyl (C=O) groups is 1. The van der Waals surface area contributed by atoms with Crippen LogP contribution in [0.3, 0.4) is 0 Å². The highest BCUT2D eigenvalue weighted by Gasteiger charge is 2.10. The maximum absolute atomic E-state index is 12.3. The number of rotatable bonds is 7. The first-order valence-corrected chi connectivity index (χ1v) is 10.8. The van der Waals surface area contributed by atoms with Gasteiger partial charge in [0.25, 0.3) is 11.1 Å². The Morgan fingerprint density at radius 2 is 1.90 bits per heavy atom. The van der Waals surface area contributed by atoms with Gasteiger partial charge >= 0.3 is 0 Å². The number of carbonyl (C=O) groups excluding carboxylic acids is 1. The number of thioether (sulfide) groups is 1. The second-order valence-electron chi connectivity index (χ2n) is 6.30. The van der Waals surface area contributed by atoms with E-state index in [0.717, 1.165) is 22.0 Å². The van der Waals surface area contributed by atoms with Gasteiger partial charge in [-0.1, -0.05) is 42.1 Å². The summed E-state index contributed by atoms with van der Waals surface area (Å²) in [4.78, 5) is 16.7. The van der Waals surface area contributed by atoms with Crippen molar-refractivity contribution in [1.82, 2.24) is 15.2 Å². The molecular weight excluding hydrogens is 404 g/mol. The van der Waals surface area contributed by atoms with Crippen LogP contribution in [-0.4, -0.2) is 21.1 Å². The summed E-state index contributed by atoms with van der Waals surface area (Å²) in [6, 6.07) is 16.9. The zero-order valence-electron chi connectivity index (χ0n) is 15.7. The normalized spacial score (nSPS) is 10.8. The van der Waals surface area contributed by atoms with E-state index in [1.807, 2.05) is 66.9 Å². The molecule has 0 bridgehead atoms. The number of benzene rings is 2. The van der Waals surface area contributed by atoms with Crippen LogP contribution in [0.4, 0.5) is 5.69 Å². The molecule has 0 atom stereocenters. The Labute approximate surface area is 176 Å². The number of aromatic nitrogens is 3. The number of para-hydroxylation sites is 1. The van der Waals surface area contributed by atoms with Gasteiger partial charge in [0.2, 0.25) is 5.89 Å². The summed E-state index contributed by atoms with van der Waals surface area (Å²) in [5, 5.41) is 14.6. The lowest BCUT2D eigenvalue weighted by atomic mass is 10.1. The lowest BCUT2D eigenvalue weighted by Gasteiger charge is -2.05. The van der Waals surface area contributed by atoms with E-state index in [9.17, 15) is 4.79 Å². The van der Waals surface area contributed by atoms with Gasteiger partial charge in [0.1, 0.15) is 0 Å². The Hall–Kier alpha value is -2.97. The van der Waals surface area contributed by atoms with Gasteiger partial charge in [0.05, 0.1) is 17.1 Å². The van der Waals surface area contributed by atoms with E-state index in [2.05, 4.69) is 20.5 Å². The fraction of sp³-hybridized carbons (Fsp3) is 0.143. The van der Waals surface area contributed by atoms with Crippen LogP contribution in [-0.2, 0) is 12.2 Å². The fourth-order valence-electron chi connectivity index (χ4n) is 2.63. The highest BCUT2D eigenvalue weighted by molar-refractivity contribution is 7.98. The average Bonchev–Trinajstić information content (AvgIpc) is 3.36. The predicted octanol–water partition coefficient (Wildman–Crippen LogP) is 4.97. The summed E-state index contributed by atoms with van der Waals surface area (Å²) in [7, 11) is 0. The zero-order valence-corrected chi connectivity index (χ0v) is 17.3. The largest absolute Gasteiger partial charge is 0.416 e. The molecule has 0 aliphatic carbocycles. The number of nitrogens with zero attached hydrogens (tertiary/aromatic N) is 3. The smallest absolute Gasteiger partial charge is 0.276 e. The van der Waals surface area contributed by atoms with Gasteiger partial charge in [0, 0.05) is 22.4 Å². The van der Waals surface area contributed by atoms with Crippen LogP contribution >= 0.6 is 23.1 Å². The van der Waals surface area contributed by atoms with Crippen molar-refractivity contribution in [3.05, 3.63) is 87.7 Å². The third-order valence-corrected chi connectivity index (χ3v) is 5.77. The second kappa shape index (κ2) is 9.02. The first-order valence-electron chi connectivity index (χ1n) is 8.97. The minimum absolute atomic E-state index is 0.130. The van der Waals surface area contributed by atoms with Crippen LogP contribution in [0.2, 0.25) is 0 Å². The highest BCUT2D eigenvalue weighted by Crippen LogP contribution is 2.23. The average molecular weight is 423 g/mol. The molecule has 1 N–H and O–H groups in total. The van der Waals surface area contributed by atoms with E-state index in [0.29, 0.717) is 28.9 Å². The molecule has 0 aliphatic heterocycles. The van der Waals surface area contributed by atoms with E-state index in [1.165, 1.54) is 11.8 Å². The number of nitrogens with one attached hydrogen (secondary N) is 1. The molecule has 0 fully saturated rings. The molecule has 29 heavy (non-hydrogen) atoms. The first-order chi connectivity index (χ1) is 14.2. The van der Waals surface area contributed by atoms with Crippen LogP contribution in [0, 0.1) is 6.92 Å². The van der Waals surface area contributed by atoms with Crippen molar-refractivity contribution >= 4 is 34.7 Å². The molecule has 8 heteroatoms. The molecule has 4 aromatic rings. The molecule has 0 saturated heterocycles. The molecule has 146 valence electrons. The molecule has 6 nitrogen and oxygen atoms in total. The van der Waals surface area contributed by atoms with Gasteiger partial charge in [-0.3, -0.25) is 4.79 Å². The fourth-order valence-corrected chi connectivity index (χ4v) is 3.98. The number of hydrogen-bond acceptors (Lipinski definition) is 7. The maximum Gasteiger partial charge on any atom is 0.276 e. The minimum Gasteiger partial charge on any atom is -0.416 e. The Morgan fingerprint density at radius 1 is 1.10 bits per heavy atom. The van der Waals surface area contributed by atoms with Crippen molar-refractivity contribution in [3.8, 4) is 0 Å².